The van der Waals surface area contributed by atoms with E-state index in [1.807, 2.05) is 34.6 Å². The molecular formula is C21H35N3O4. The summed E-state index contributed by atoms with van der Waals surface area (Å²) in [7, 11) is 1.74. The number of ketones is 1. The maximum Gasteiger partial charge on any atom is 0.355 e. The molecule has 0 aromatic carbocycles. The number of carbonyl (C=O) groups excluding carboxylic acids is 3. The molecule has 1 rings (SSSR count). The molecule has 28 heavy (non-hydrogen) atoms. The van der Waals surface area contributed by atoms with Gasteiger partial charge in [-0.25, -0.2) is 9.59 Å². The summed E-state index contributed by atoms with van der Waals surface area (Å²) in [6.45, 7) is 16.7. The number of nitrogens with zero attached hydrogens (tertiary/aromatic N) is 2. The van der Waals surface area contributed by atoms with Gasteiger partial charge in [-0.1, -0.05) is 0 Å². The fraction of sp³-hybridized carbons (Fsp3) is 0.667. The summed E-state index contributed by atoms with van der Waals surface area (Å²) in [6, 6.07) is -1.15. The maximum atomic E-state index is 13.4. The molecule has 0 bridgehead atoms. The van der Waals surface area contributed by atoms with Crippen molar-refractivity contribution in [1.82, 2.24) is 14.8 Å². The van der Waals surface area contributed by atoms with Gasteiger partial charge in [-0.05, 0) is 67.9 Å². The van der Waals surface area contributed by atoms with Gasteiger partial charge in [0, 0.05) is 29.9 Å². The fourth-order valence-corrected chi connectivity index (χ4v) is 3.41. The third-order valence-corrected chi connectivity index (χ3v) is 4.72. The van der Waals surface area contributed by atoms with E-state index in [1.54, 1.807) is 44.2 Å². The summed E-state index contributed by atoms with van der Waals surface area (Å²) in [5, 5.41) is 2.92. The number of carbonyl (C=O) groups is 3. The van der Waals surface area contributed by atoms with E-state index in [4.69, 9.17) is 4.74 Å². The third kappa shape index (κ3) is 4.94. The summed E-state index contributed by atoms with van der Waals surface area (Å²) >= 11 is 0. The molecule has 0 saturated heterocycles. The predicted molar refractivity (Wildman–Crippen MR) is 110 cm³/mol. The molecule has 1 N–H and O–H groups in total. The van der Waals surface area contributed by atoms with Crippen molar-refractivity contribution in [3.8, 4) is 0 Å². The highest BCUT2D eigenvalue weighted by Crippen LogP contribution is 2.25. The lowest BCUT2D eigenvalue weighted by Gasteiger charge is -2.35. The SMILES string of the molecule is CCOC(=O)c1c(C)c(C(=O)C(C)N(C(=O)NC(C)(C)C)C(C)C)c(C)n1C. The van der Waals surface area contributed by atoms with E-state index in [2.05, 4.69) is 5.32 Å². The fourth-order valence-electron chi connectivity index (χ4n) is 3.41. The van der Waals surface area contributed by atoms with Crippen LogP contribution in [0.2, 0.25) is 0 Å². The van der Waals surface area contributed by atoms with Crippen LogP contribution < -0.4 is 5.32 Å². The summed E-state index contributed by atoms with van der Waals surface area (Å²) in [6.07, 6.45) is 0. The van der Waals surface area contributed by atoms with E-state index in [1.165, 1.54) is 0 Å². The Labute approximate surface area is 168 Å². The van der Waals surface area contributed by atoms with Crippen LogP contribution in [-0.2, 0) is 11.8 Å². The zero-order valence-corrected chi connectivity index (χ0v) is 18.9. The summed E-state index contributed by atoms with van der Waals surface area (Å²) in [5.74, 6) is -0.651. The van der Waals surface area contributed by atoms with Crippen molar-refractivity contribution in [2.75, 3.05) is 6.61 Å². The van der Waals surface area contributed by atoms with E-state index >= 15 is 0 Å². The Bertz CT molecular complexity index is 757. The number of urea groups is 1. The number of hydrogen-bond donors (Lipinski definition) is 1. The summed E-state index contributed by atoms with van der Waals surface area (Å²) < 4.78 is 6.81. The Kier molecular flexibility index (Phi) is 7.45. The molecule has 0 spiro atoms. The Balaban J connectivity index is 3.34. The molecule has 0 fully saturated rings. The summed E-state index contributed by atoms with van der Waals surface area (Å²) in [4.78, 5) is 40.0. The first-order valence-corrected chi connectivity index (χ1v) is 9.72. The highest BCUT2D eigenvalue weighted by molar-refractivity contribution is 6.06. The average molecular weight is 394 g/mol. The second kappa shape index (κ2) is 8.80. The normalized spacial score (nSPS) is 12.7. The molecule has 1 unspecified atom stereocenters. The molecule has 0 aliphatic heterocycles. The molecular weight excluding hydrogens is 358 g/mol. The van der Waals surface area contributed by atoms with Crippen LogP contribution in [-0.4, -0.2) is 51.5 Å². The van der Waals surface area contributed by atoms with Crippen molar-refractivity contribution >= 4 is 17.8 Å². The Morgan fingerprint density at radius 2 is 1.68 bits per heavy atom. The second-order valence-electron chi connectivity index (χ2n) is 8.43. The van der Waals surface area contributed by atoms with Crippen molar-refractivity contribution in [2.45, 2.75) is 79.9 Å². The zero-order chi connectivity index (χ0) is 22.0. The first-order chi connectivity index (χ1) is 12.7. The molecule has 1 heterocycles. The van der Waals surface area contributed by atoms with Crippen molar-refractivity contribution in [3.05, 3.63) is 22.5 Å². The number of ether oxygens (including phenoxy) is 1. The lowest BCUT2D eigenvalue weighted by atomic mass is 9.99. The van der Waals surface area contributed by atoms with Crippen LogP contribution in [0, 0.1) is 13.8 Å². The van der Waals surface area contributed by atoms with Crippen LogP contribution in [0.3, 0.4) is 0 Å². The van der Waals surface area contributed by atoms with Crippen LogP contribution in [0.4, 0.5) is 4.79 Å². The minimum Gasteiger partial charge on any atom is -0.461 e. The number of amides is 2. The largest absolute Gasteiger partial charge is 0.461 e. The van der Waals surface area contributed by atoms with Crippen LogP contribution in [0.15, 0.2) is 0 Å². The molecule has 158 valence electrons. The van der Waals surface area contributed by atoms with Gasteiger partial charge in [0.2, 0.25) is 0 Å². The third-order valence-electron chi connectivity index (χ3n) is 4.72. The van der Waals surface area contributed by atoms with E-state index in [9.17, 15) is 14.4 Å². The molecule has 1 atom stereocenters. The summed E-state index contributed by atoms with van der Waals surface area (Å²) in [5.41, 5.74) is 1.67. The minimum atomic E-state index is -0.683. The number of rotatable bonds is 6. The maximum absolute atomic E-state index is 13.4. The van der Waals surface area contributed by atoms with Gasteiger partial charge in [0.05, 0.1) is 12.6 Å². The van der Waals surface area contributed by atoms with E-state index in [0.29, 0.717) is 22.5 Å². The van der Waals surface area contributed by atoms with E-state index in [0.717, 1.165) is 0 Å². The van der Waals surface area contributed by atoms with Crippen LogP contribution in [0.5, 0.6) is 0 Å². The molecule has 0 aliphatic rings. The lowest BCUT2D eigenvalue weighted by Crippen LogP contribution is -2.55. The molecule has 1 aromatic rings. The van der Waals surface area contributed by atoms with Crippen molar-refractivity contribution in [1.29, 1.82) is 0 Å². The number of hydrogen-bond acceptors (Lipinski definition) is 4. The van der Waals surface area contributed by atoms with Gasteiger partial charge in [0.1, 0.15) is 5.69 Å². The van der Waals surface area contributed by atoms with Crippen LogP contribution >= 0.6 is 0 Å². The molecule has 0 radical (unpaired) electrons. The first-order valence-electron chi connectivity index (χ1n) is 9.72. The molecule has 7 nitrogen and oxygen atoms in total. The van der Waals surface area contributed by atoms with E-state index < -0.39 is 17.6 Å². The molecule has 0 saturated carbocycles. The minimum absolute atomic E-state index is 0.171. The molecule has 0 aliphatic carbocycles. The Morgan fingerprint density at radius 1 is 1.14 bits per heavy atom. The van der Waals surface area contributed by atoms with Crippen molar-refractivity contribution in [3.63, 3.8) is 0 Å². The second-order valence-corrected chi connectivity index (χ2v) is 8.43. The highest BCUT2D eigenvalue weighted by atomic mass is 16.5. The Hall–Kier alpha value is -2.31. The number of aromatic nitrogens is 1. The molecule has 2 amide bonds. The van der Waals surface area contributed by atoms with Gasteiger partial charge in [0.25, 0.3) is 0 Å². The van der Waals surface area contributed by atoms with Crippen molar-refractivity contribution < 1.29 is 19.1 Å². The monoisotopic (exact) mass is 393 g/mol. The first kappa shape index (κ1) is 23.7. The van der Waals surface area contributed by atoms with Gasteiger partial charge >= 0.3 is 12.0 Å². The Morgan fingerprint density at radius 3 is 2.11 bits per heavy atom. The highest BCUT2D eigenvalue weighted by Gasteiger charge is 2.34. The number of esters is 1. The number of nitrogens with one attached hydrogen (secondary N) is 1. The average Bonchev–Trinajstić information content (AvgIpc) is 2.74. The number of Topliss-reactive ketones (excluding diaryl/α,β-unsaturated/α-hetero) is 1. The zero-order valence-electron chi connectivity index (χ0n) is 18.9. The van der Waals surface area contributed by atoms with E-state index in [-0.39, 0.29) is 24.5 Å². The lowest BCUT2D eigenvalue weighted by molar-refractivity contribution is 0.0514. The molecule has 7 heteroatoms. The van der Waals surface area contributed by atoms with Crippen molar-refractivity contribution in [2.24, 2.45) is 7.05 Å². The predicted octanol–water partition coefficient (Wildman–Crippen LogP) is 3.61. The van der Waals surface area contributed by atoms with Gasteiger partial charge in [-0.3, -0.25) is 4.79 Å². The van der Waals surface area contributed by atoms with Gasteiger partial charge in [0.15, 0.2) is 5.78 Å². The van der Waals surface area contributed by atoms with Gasteiger partial charge in [-0.2, -0.15) is 0 Å². The topological polar surface area (TPSA) is 80.6 Å². The molecule has 1 aromatic heterocycles. The van der Waals surface area contributed by atoms with Gasteiger partial charge < -0.3 is 19.5 Å². The smallest absolute Gasteiger partial charge is 0.355 e. The van der Waals surface area contributed by atoms with Gasteiger partial charge in [-0.15, -0.1) is 0 Å². The van der Waals surface area contributed by atoms with Crippen LogP contribution in [0.25, 0.3) is 0 Å². The standard InChI is InChI=1S/C21H35N3O4/c1-11-28-19(26)17-13(4)16(14(5)23(17)10)18(25)15(6)24(12(2)3)20(27)22-21(7,8)9/h12,15H,11H2,1-10H3,(H,22,27). The van der Waals surface area contributed by atoms with Crippen LogP contribution in [0.1, 0.15) is 80.6 Å². The quantitative estimate of drug-likeness (QED) is 0.591.